The van der Waals surface area contributed by atoms with Gasteiger partial charge in [0, 0.05) is 55.2 Å². The Labute approximate surface area is 477 Å². The molecule has 3 saturated heterocycles. The lowest BCUT2D eigenvalue weighted by molar-refractivity contribution is -0.931. The van der Waals surface area contributed by atoms with Crippen LogP contribution in [-0.2, 0) is 79.8 Å². The molecule has 1 aromatic carbocycles. The zero-order chi connectivity index (χ0) is 66.1. The van der Waals surface area contributed by atoms with Crippen LogP contribution in [0, 0.1) is 20.8 Å². The Morgan fingerprint density at radius 1 is 0.310 bits per heavy atom. The summed E-state index contributed by atoms with van der Waals surface area (Å²) in [6, 6.07) is 0. The maximum absolute atomic E-state index is 11.4. The van der Waals surface area contributed by atoms with Gasteiger partial charge in [-0.15, -0.1) is 0 Å². The molecular formula is C42H66F18N6O12S6. The van der Waals surface area contributed by atoms with E-state index in [1.165, 1.54) is 169 Å². The van der Waals surface area contributed by atoms with Gasteiger partial charge in [-0.2, -0.15) is 79.0 Å². The zero-order valence-electron chi connectivity index (χ0n) is 45.8. The van der Waals surface area contributed by atoms with Gasteiger partial charge in [0.15, 0.2) is 60.1 Å². The average molecular weight is 1380 g/mol. The van der Waals surface area contributed by atoms with Crippen molar-refractivity contribution in [2.75, 3.05) is 58.9 Å². The van der Waals surface area contributed by atoms with Gasteiger partial charge in [0.1, 0.15) is 19.6 Å². The summed E-state index contributed by atoms with van der Waals surface area (Å²) < 4.78 is 332. The van der Waals surface area contributed by atoms with Crippen LogP contribution in [0.2, 0.25) is 0 Å². The van der Waals surface area contributed by atoms with E-state index in [4.69, 9.17) is 0 Å². The van der Waals surface area contributed by atoms with Crippen molar-refractivity contribution in [3.05, 3.63) is 45.8 Å². The van der Waals surface area contributed by atoms with Crippen LogP contribution in [0.15, 0.2) is 0 Å². The number of halogens is 18. The van der Waals surface area contributed by atoms with Gasteiger partial charge in [0.25, 0.3) is 0 Å². The highest BCUT2D eigenvalue weighted by atomic mass is 32.3. The molecule has 0 aliphatic carbocycles. The Bertz CT molecular complexity index is 2570. The van der Waals surface area contributed by atoms with Gasteiger partial charge in [-0.1, -0.05) is 40.0 Å². The van der Waals surface area contributed by atoms with E-state index in [0.717, 1.165) is 12.4 Å². The minimum absolute atomic E-state index is 0.778. The highest BCUT2D eigenvalue weighted by Gasteiger charge is 2.50. The molecule has 0 N–H and O–H groups in total. The van der Waals surface area contributed by atoms with Gasteiger partial charge >= 0.3 is 33.0 Å². The molecule has 3 aliphatic rings. The number of benzene rings is 1. The Morgan fingerprint density at radius 2 is 0.452 bits per heavy atom. The summed E-state index contributed by atoms with van der Waals surface area (Å²) in [6.45, 7) is 31.3. The first kappa shape index (κ1) is 79.4. The smallest absolute Gasteiger partial charge is 0.421 e. The van der Waals surface area contributed by atoms with Crippen LogP contribution in [-0.4, -0.2) is 156 Å². The van der Waals surface area contributed by atoms with Crippen molar-refractivity contribution in [1.82, 2.24) is 0 Å². The molecule has 18 nitrogen and oxygen atoms in total. The number of sulfonamides is 6. The quantitative estimate of drug-likeness (QED) is 0.0823. The van der Waals surface area contributed by atoms with Crippen LogP contribution in [0.1, 0.15) is 131 Å². The van der Waals surface area contributed by atoms with Crippen LogP contribution < -0.4 is 0 Å². The highest BCUT2D eigenvalue weighted by molar-refractivity contribution is 8.14. The second kappa shape index (κ2) is 28.9. The van der Waals surface area contributed by atoms with Crippen LogP contribution >= 0.6 is 0 Å². The van der Waals surface area contributed by atoms with E-state index in [9.17, 15) is 130 Å². The van der Waals surface area contributed by atoms with Crippen molar-refractivity contribution in [3.63, 3.8) is 0 Å². The first-order chi connectivity index (χ1) is 37.4. The van der Waals surface area contributed by atoms with Crippen LogP contribution in [0.4, 0.5) is 79.0 Å². The van der Waals surface area contributed by atoms with E-state index >= 15 is 0 Å². The molecule has 3 aliphatic heterocycles. The summed E-state index contributed by atoms with van der Waals surface area (Å²) in [7, 11) is -40.3. The number of hydrogen-bond acceptors (Lipinski definition) is 12. The fourth-order valence-corrected chi connectivity index (χ4v) is 14.8. The lowest BCUT2D eigenvalue weighted by Crippen LogP contribution is -2.47. The maximum Gasteiger partial charge on any atom is 0.480 e. The average Bonchev–Trinajstić information content (AvgIpc) is 3.11. The monoisotopic (exact) mass is 1380 g/mol. The number of unbranched alkanes of at least 4 members (excludes halogenated alkanes) is 3. The van der Waals surface area contributed by atoms with Crippen molar-refractivity contribution >= 4 is 60.1 Å². The molecule has 0 bridgehead atoms. The Balaban J connectivity index is 0.000000648. The number of hydrogen-bond donors (Lipinski definition) is 0. The van der Waals surface area contributed by atoms with Crippen LogP contribution in [0.25, 0.3) is 12.4 Å². The first-order valence-electron chi connectivity index (χ1n) is 25.2. The van der Waals surface area contributed by atoms with Gasteiger partial charge in [-0.05, 0) is 56.7 Å². The van der Waals surface area contributed by atoms with E-state index < -0.39 is 93.2 Å². The molecule has 42 heteroatoms. The summed E-state index contributed by atoms with van der Waals surface area (Å²) in [6.07, 6.45) is 16.7. The van der Waals surface area contributed by atoms with E-state index in [2.05, 4.69) is 41.5 Å². The second-order valence-electron chi connectivity index (χ2n) is 20.3. The largest absolute Gasteiger partial charge is 0.480 e. The molecule has 0 atom stereocenters. The lowest BCUT2D eigenvalue weighted by Gasteiger charge is -2.40. The third-order valence-corrected chi connectivity index (χ3v) is 22.3. The van der Waals surface area contributed by atoms with Crippen molar-refractivity contribution in [2.24, 2.45) is 0 Å². The number of alkyl halides is 18. The molecule has 4 rings (SSSR count). The van der Waals surface area contributed by atoms with Crippen LogP contribution in [0.5, 0.6) is 0 Å². The van der Waals surface area contributed by atoms with Crippen molar-refractivity contribution < 1.29 is 143 Å². The topological polar surface area (TPSA) is 247 Å². The van der Waals surface area contributed by atoms with E-state index in [0.29, 0.717) is 0 Å². The van der Waals surface area contributed by atoms with E-state index in [1.54, 1.807) is 33.4 Å². The predicted molar refractivity (Wildman–Crippen MR) is 269 cm³/mol. The first-order valence-corrected chi connectivity index (χ1v) is 33.8. The van der Waals surface area contributed by atoms with Crippen molar-refractivity contribution in [3.8, 4) is 0 Å². The summed E-state index contributed by atoms with van der Waals surface area (Å²) in [4.78, 5) is 0. The SMILES string of the molecule is CCCC[N+]1(Cc2c(C)c(C[N+]3(CCCC)CCCC3)c(C)c(C[N+]3(CCCC)CCCC3)c2C)CCCC1.O=S(=O)([N-]S(=O)(=O)C(F)(F)F)C(F)(F)F.O=S(=O)([N-]S(=O)(=O)C(F)(F)F)C(F)(F)F.O=S(=O)([N-]S(=O)(=O)C(F)(F)F)C(F)(F)F. The fraction of sp³-hybridized carbons (Fsp3) is 0.857. The Hall–Kier alpha value is -2.58. The Morgan fingerprint density at radius 3 is 0.571 bits per heavy atom. The van der Waals surface area contributed by atoms with Crippen molar-refractivity contribution in [1.29, 1.82) is 0 Å². The molecule has 1 aromatic rings. The zero-order valence-corrected chi connectivity index (χ0v) is 50.7. The standard InChI is InChI=1S/C36H66N3.3C2F6NO4S2/c1-7-10-19-37(22-13-14-23-37)28-34-31(4)35(29-38(20-11-8-2)24-15-16-25-38)33(6)36(32(34)5)30-39(21-12-9-3)26-17-18-27-39;3*3-1(4,5)14(10,11)9-15(12,13)2(6,7)8/h7-30H2,1-6H3;;;/q+3;3*-1. The van der Waals surface area contributed by atoms with Crippen LogP contribution in [0.3, 0.4) is 0 Å². The van der Waals surface area contributed by atoms with Gasteiger partial charge in [-0.25, -0.2) is 50.5 Å². The van der Waals surface area contributed by atoms with Gasteiger partial charge in [0.05, 0.1) is 58.9 Å². The van der Waals surface area contributed by atoms with Crippen molar-refractivity contribution in [2.45, 2.75) is 171 Å². The summed E-state index contributed by atoms with van der Waals surface area (Å²) >= 11 is 0. The molecule has 0 unspecified atom stereocenters. The maximum atomic E-state index is 11.4. The molecule has 84 heavy (non-hydrogen) atoms. The fourth-order valence-electron chi connectivity index (χ4n) is 9.63. The number of likely N-dealkylation sites (tertiary alicyclic amines) is 3. The minimum Gasteiger partial charge on any atom is -0.421 e. The normalized spacial score (nSPS) is 18.3. The molecule has 0 radical (unpaired) electrons. The van der Waals surface area contributed by atoms with Gasteiger partial charge in [-0.3, -0.25) is 0 Å². The number of rotatable bonds is 21. The third kappa shape index (κ3) is 21.6. The molecular weight excluding hydrogens is 1310 g/mol. The van der Waals surface area contributed by atoms with E-state index in [1.807, 2.05) is 0 Å². The summed E-state index contributed by atoms with van der Waals surface area (Å²) in [5.74, 6) is 0. The highest BCUT2D eigenvalue weighted by Crippen LogP contribution is 2.41. The summed E-state index contributed by atoms with van der Waals surface area (Å²) in [5, 5.41) is 0. The third-order valence-electron chi connectivity index (χ3n) is 14.0. The molecule has 0 amide bonds. The van der Waals surface area contributed by atoms with Gasteiger partial charge < -0.3 is 25.8 Å². The minimum atomic E-state index is -6.72. The lowest BCUT2D eigenvalue weighted by atomic mass is 9.86. The molecule has 0 spiro atoms. The Kier molecular flexibility index (Phi) is 27.4. The summed E-state index contributed by atoms with van der Waals surface area (Å²) in [5.41, 5.74) is -26.8. The van der Waals surface area contributed by atoms with E-state index in [-0.39, 0.29) is 0 Å². The van der Waals surface area contributed by atoms with Gasteiger partial charge in [0.2, 0.25) is 0 Å². The number of quaternary nitrogens is 3. The second-order valence-corrected chi connectivity index (χ2v) is 30.5. The molecule has 0 aromatic heterocycles. The number of nitrogens with zero attached hydrogens (tertiary/aromatic N) is 6. The molecule has 0 saturated carbocycles. The molecule has 3 heterocycles. The molecule has 498 valence electrons. The molecule has 3 fully saturated rings. The predicted octanol–water partition coefficient (Wildman–Crippen LogP) is 11.5.